The molecule has 0 saturated carbocycles. The zero-order valence-corrected chi connectivity index (χ0v) is 12.2. The molecule has 0 radical (unpaired) electrons. The monoisotopic (exact) mass is 312 g/mol. The average molecular weight is 312 g/mol. The van der Waals surface area contributed by atoms with Gasteiger partial charge in [-0.05, 0) is 37.3 Å². The van der Waals surface area contributed by atoms with Gasteiger partial charge in [0, 0.05) is 0 Å². The smallest absolute Gasteiger partial charge is 0.274 e. The standard InChI is InChI=1S/C17H13FN2O3/c1-11-13(8-9-22-11)17(21)20-19-10-12-6-7-16(23-12)14-4-2-3-5-15(14)18/h2-10H,1H3,(H,20,21)/b19-10-. The Balaban J connectivity index is 1.69. The van der Waals surface area contributed by atoms with E-state index in [2.05, 4.69) is 10.5 Å². The van der Waals surface area contributed by atoms with Crippen LogP contribution in [0.3, 0.4) is 0 Å². The molecule has 1 aromatic carbocycles. The lowest BCUT2D eigenvalue weighted by molar-refractivity contribution is 0.0953. The van der Waals surface area contributed by atoms with Crippen LogP contribution in [-0.4, -0.2) is 12.1 Å². The molecule has 0 aliphatic heterocycles. The second-order valence-electron chi connectivity index (χ2n) is 4.77. The van der Waals surface area contributed by atoms with Crippen LogP contribution in [0.5, 0.6) is 0 Å². The lowest BCUT2D eigenvalue weighted by Crippen LogP contribution is -2.17. The number of hydrogen-bond donors (Lipinski definition) is 1. The van der Waals surface area contributed by atoms with Gasteiger partial charge in [-0.1, -0.05) is 12.1 Å². The van der Waals surface area contributed by atoms with Crippen molar-refractivity contribution in [3.05, 3.63) is 71.6 Å². The van der Waals surface area contributed by atoms with Crippen LogP contribution >= 0.6 is 0 Å². The van der Waals surface area contributed by atoms with Gasteiger partial charge >= 0.3 is 0 Å². The zero-order chi connectivity index (χ0) is 16.2. The Labute approximate surface area is 131 Å². The molecule has 0 atom stereocenters. The van der Waals surface area contributed by atoms with Crippen LogP contribution < -0.4 is 5.43 Å². The van der Waals surface area contributed by atoms with Crippen molar-refractivity contribution in [2.24, 2.45) is 5.10 Å². The summed E-state index contributed by atoms with van der Waals surface area (Å²) in [6, 6.07) is 11.2. The highest BCUT2D eigenvalue weighted by Gasteiger charge is 2.10. The number of amides is 1. The van der Waals surface area contributed by atoms with Crippen LogP contribution in [-0.2, 0) is 0 Å². The molecule has 1 N–H and O–H groups in total. The van der Waals surface area contributed by atoms with E-state index < -0.39 is 0 Å². The molecule has 2 heterocycles. The number of benzene rings is 1. The first kappa shape index (κ1) is 14.8. The van der Waals surface area contributed by atoms with E-state index in [1.807, 2.05) is 0 Å². The van der Waals surface area contributed by atoms with E-state index in [0.29, 0.717) is 28.4 Å². The molecule has 0 aliphatic rings. The molecule has 0 fully saturated rings. The fourth-order valence-corrected chi connectivity index (χ4v) is 2.06. The van der Waals surface area contributed by atoms with Gasteiger partial charge in [-0.25, -0.2) is 9.82 Å². The van der Waals surface area contributed by atoms with Gasteiger partial charge in [0.25, 0.3) is 5.91 Å². The van der Waals surface area contributed by atoms with Gasteiger partial charge in [-0.2, -0.15) is 5.10 Å². The predicted octanol–water partition coefficient (Wildman–Crippen LogP) is 3.75. The van der Waals surface area contributed by atoms with Gasteiger partial charge in [0.05, 0.1) is 23.6 Å². The Morgan fingerprint density at radius 1 is 1.22 bits per heavy atom. The highest BCUT2D eigenvalue weighted by molar-refractivity contribution is 5.95. The summed E-state index contributed by atoms with van der Waals surface area (Å²) < 4.78 is 24.2. The van der Waals surface area contributed by atoms with Crippen molar-refractivity contribution in [1.29, 1.82) is 0 Å². The SMILES string of the molecule is Cc1occc1C(=O)N/N=C\c1ccc(-c2ccccc2F)o1. The van der Waals surface area contributed by atoms with Crippen LogP contribution in [0.15, 0.2) is 62.7 Å². The van der Waals surface area contributed by atoms with Crippen LogP contribution in [0.25, 0.3) is 11.3 Å². The molecule has 0 bridgehead atoms. The van der Waals surface area contributed by atoms with Gasteiger partial charge in [0.1, 0.15) is 23.1 Å². The molecular weight excluding hydrogens is 299 g/mol. The molecule has 0 aliphatic carbocycles. The molecular formula is C17H13FN2O3. The minimum absolute atomic E-state index is 0.366. The van der Waals surface area contributed by atoms with Gasteiger partial charge < -0.3 is 8.83 Å². The van der Waals surface area contributed by atoms with Crippen molar-refractivity contribution >= 4 is 12.1 Å². The maximum atomic E-state index is 13.7. The van der Waals surface area contributed by atoms with Gasteiger partial charge in [-0.3, -0.25) is 4.79 Å². The minimum atomic E-state index is -0.381. The molecule has 0 saturated heterocycles. The first-order valence-electron chi connectivity index (χ1n) is 6.87. The van der Waals surface area contributed by atoms with E-state index in [1.165, 1.54) is 18.5 Å². The number of aryl methyl sites for hydroxylation is 1. The third-order valence-electron chi connectivity index (χ3n) is 3.23. The minimum Gasteiger partial charge on any atom is -0.469 e. The predicted molar refractivity (Wildman–Crippen MR) is 82.6 cm³/mol. The third kappa shape index (κ3) is 3.21. The zero-order valence-electron chi connectivity index (χ0n) is 12.2. The van der Waals surface area contributed by atoms with Gasteiger partial charge in [0.15, 0.2) is 0 Å². The summed E-state index contributed by atoms with van der Waals surface area (Å²) in [5.41, 5.74) is 3.15. The lowest BCUT2D eigenvalue weighted by atomic mass is 10.1. The van der Waals surface area contributed by atoms with Crippen LogP contribution in [0, 0.1) is 12.7 Å². The Bertz CT molecular complexity index is 864. The summed E-state index contributed by atoms with van der Waals surface area (Å²) in [5, 5.41) is 3.81. The van der Waals surface area contributed by atoms with Crippen molar-refractivity contribution in [3.63, 3.8) is 0 Å². The van der Waals surface area contributed by atoms with Crippen LogP contribution in [0.4, 0.5) is 4.39 Å². The number of carbonyl (C=O) groups excluding carboxylic acids is 1. The topological polar surface area (TPSA) is 67.7 Å². The van der Waals surface area contributed by atoms with Crippen molar-refractivity contribution in [2.45, 2.75) is 6.92 Å². The molecule has 3 rings (SSSR count). The molecule has 3 aromatic rings. The normalized spacial score (nSPS) is 11.0. The second-order valence-corrected chi connectivity index (χ2v) is 4.77. The maximum absolute atomic E-state index is 13.7. The summed E-state index contributed by atoms with van der Waals surface area (Å²) in [4.78, 5) is 11.8. The quantitative estimate of drug-likeness (QED) is 0.589. The van der Waals surface area contributed by atoms with Crippen molar-refractivity contribution < 1.29 is 18.0 Å². The Hall–Kier alpha value is -3.15. The van der Waals surface area contributed by atoms with E-state index in [0.717, 1.165) is 0 Å². The molecule has 23 heavy (non-hydrogen) atoms. The number of hydrazone groups is 1. The van der Waals surface area contributed by atoms with Gasteiger partial charge in [0.2, 0.25) is 0 Å². The highest BCUT2D eigenvalue weighted by atomic mass is 19.1. The molecule has 6 heteroatoms. The van der Waals surface area contributed by atoms with E-state index in [9.17, 15) is 9.18 Å². The summed E-state index contributed by atoms with van der Waals surface area (Å²) >= 11 is 0. The van der Waals surface area contributed by atoms with E-state index in [1.54, 1.807) is 43.3 Å². The van der Waals surface area contributed by atoms with Crippen LogP contribution in [0.1, 0.15) is 21.9 Å². The van der Waals surface area contributed by atoms with Crippen molar-refractivity contribution in [1.82, 2.24) is 5.43 Å². The number of furan rings is 2. The maximum Gasteiger partial charge on any atom is 0.274 e. The number of hydrogen-bond acceptors (Lipinski definition) is 4. The average Bonchev–Trinajstić information content (AvgIpc) is 3.17. The fraction of sp³-hybridized carbons (Fsp3) is 0.0588. The fourth-order valence-electron chi connectivity index (χ4n) is 2.06. The first-order valence-corrected chi connectivity index (χ1v) is 6.87. The molecule has 2 aromatic heterocycles. The highest BCUT2D eigenvalue weighted by Crippen LogP contribution is 2.24. The van der Waals surface area contributed by atoms with Crippen molar-refractivity contribution in [3.8, 4) is 11.3 Å². The van der Waals surface area contributed by atoms with Crippen LogP contribution in [0.2, 0.25) is 0 Å². The number of halogens is 1. The number of carbonyl (C=O) groups is 1. The Kier molecular flexibility index (Phi) is 4.05. The number of nitrogens with zero attached hydrogens (tertiary/aromatic N) is 1. The van der Waals surface area contributed by atoms with E-state index >= 15 is 0 Å². The molecule has 0 spiro atoms. The lowest BCUT2D eigenvalue weighted by Gasteiger charge is -1.98. The van der Waals surface area contributed by atoms with E-state index in [-0.39, 0.29) is 11.7 Å². The summed E-state index contributed by atoms with van der Waals surface area (Å²) in [7, 11) is 0. The van der Waals surface area contributed by atoms with Gasteiger partial charge in [-0.15, -0.1) is 0 Å². The Morgan fingerprint density at radius 2 is 2.04 bits per heavy atom. The number of nitrogens with one attached hydrogen (secondary N) is 1. The summed E-state index contributed by atoms with van der Waals surface area (Å²) in [5.74, 6) is 0.550. The van der Waals surface area contributed by atoms with E-state index in [4.69, 9.17) is 8.83 Å². The molecule has 5 nitrogen and oxygen atoms in total. The molecule has 1 amide bonds. The third-order valence-corrected chi connectivity index (χ3v) is 3.23. The number of rotatable bonds is 4. The largest absolute Gasteiger partial charge is 0.469 e. The Morgan fingerprint density at radius 3 is 2.78 bits per heavy atom. The van der Waals surface area contributed by atoms with Crippen molar-refractivity contribution in [2.75, 3.05) is 0 Å². The first-order chi connectivity index (χ1) is 11.1. The second kappa shape index (κ2) is 6.31. The summed E-state index contributed by atoms with van der Waals surface area (Å²) in [6.07, 6.45) is 2.78. The summed E-state index contributed by atoms with van der Waals surface area (Å²) in [6.45, 7) is 1.69. The molecule has 116 valence electrons. The molecule has 0 unspecified atom stereocenters.